The first-order chi connectivity index (χ1) is 23.8. The first kappa shape index (κ1) is 27.4. The van der Waals surface area contributed by atoms with Gasteiger partial charge in [0, 0.05) is 38.2 Å². The van der Waals surface area contributed by atoms with Gasteiger partial charge in [0.05, 0.1) is 44.6 Å². The van der Waals surface area contributed by atoms with Crippen LogP contribution in [0.25, 0.3) is 77.2 Å². The standard InChI is InChI=1S/C44H26N4/c45-27-30-25-24-29(26-44(30)48-42-22-9-4-15-36(42)37-16-5-10-23-43(37)48)31-17-11-18-32(38(31)28-46)33-12-1-6-19-39(33)47-40-20-7-2-13-34(40)35-14-3-8-21-41(35)47/h1-26H. The molecular formula is C44H26N4. The van der Waals surface area contributed by atoms with Crippen LogP contribution in [0, 0.1) is 22.7 Å². The molecule has 0 amide bonds. The predicted molar refractivity (Wildman–Crippen MR) is 195 cm³/mol. The molecule has 9 rings (SSSR count). The minimum absolute atomic E-state index is 0.566. The molecule has 0 saturated heterocycles. The second kappa shape index (κ2) is 10.9. The summed E-state index contributed by atoms with van der Waals surface area (Å²) in [5, 5.41) is 25.7. The SMILES string of the molecule is N#Cc1ccc(-c2cccc(-c3ccccc3-n3c4ccccc4c4ccccc43)c2C#N)cc1-n1c2ccccc2c2ccccc21. The summed E-state index contributed by atoms with van der Waals surface area (Å²) in [6.07, 6.45) is 0. The Morgan fingerprint density at radius 2 is 0.833 bits per heavy atom. The summed E-state index contributed by atoms with van der Waals surface area (Å²) in [6.45, 7) is 0. The summed E-state index contributed by atoms with van der Waals surface area (Å²) in [4.78, 5) is 0. The van der Waals surface area contributed by atoms with Gasteiger partial charge in [0.25, 0.3) is 0 Å². The van der Waals surface area contributed by atoms with Crippen LogP contribution in [0.1, 0.15) is 11.1 Å². The van der Waals surface area contributed by atoms with Crippen LogP contribution in [0.5, 0.6) is 0 Å². The van der Waals surface area contributed by atoms with Gasteiger partial charge >= 0.3 is 0 Å². The van der Waals surface area contributed by atoms with Crippen molar-refractivity contribution < 1.29 is 0 Å². The number of aromatic nitrogens is 2. The van der Waals surface area contributed by atoms with Gasteiger partial charge < -0.3 is 9.13 Å². The van der Waals surface area contributed by atoms with E-state index in [1.54, 1.807) is 0 Å². The van der Waals surface area contributed by atoms with Gasteiger partial charge in [0.15, 0.2) is 0 Å². The fourth-order valence-electron chi connectivity index (χ4n) is 7.38. The van der Waals surface area contributed by atoms with E-state index in [9.17, 15) is 10.5 Å². The Balaban J connectivity index is 1.28. The number of nitriles is 2. The highest BCUT2D eigenvalue weighted by Crippen LogP contribution is 2.40. The number of para-hydroxylation sites is 5. The van der Waals surface area contributed by atoms with Crippen LogP contribution >= 0.6 is 0 Å². The first-order valence-corrected chi connectivity index (χ1v) is 15.9. The second-order valence-corrected chi connectivity index (χ2v) is 11.9. The quantitative estimate of drug-likeness (QED) is 0.199. The highest BCUT2D eigenvalue weighted by molar-refractivity contribution is 6.10. The van der Waals surface area contributed by atoms with Gasteiger partial charge in [0.2, 0.25) is 0 Å². The Morgan fingerprint density at radius 3 is 1.38 bits per heavy atom. The van der Waals surface area contributed by atoms with E-state index in [2.05, 4.69) is 118 Å². The van der Waals surface area contributed by atoms with E-state index >= 15 is 0 Å². The van der Waals surface area contributed by atoms with Crippen LogP contribution in [-0.2, 0) is 0 Å². The molecule has 7 aromatic carbocycles. The molecule has 0 fully saturated rings. The lowest BCUT2D eigenvalue weighted by Gasteiger charge is -2.17. The Kier molecular flexibility index (Phi) is 6.22. The largest absolute Gasteiger partial charge is 0.309 e. The van der Waals surface area contributed by atoms with Crippen LogP contribution < -0.4 is 0 Å². The maximum atomic E-state index is 10.8. The van der Waals surface area contributed by atoms with E-state index in [0.29, 0.717) is 11.1 Å². The Morgan fingerprint density at radius 1 is 0.375 bits per heavy atom. The predicted octanol–water partition coefficient (Wildman–Crippen LogP) is 11.0. The maximum absolute atomic E-state index is 10.8. The van der Waals surface area contributed by atoms with Crippen molar-refractivity contribution >= 4 is 43.6 Å². The lowest BCUT2D eigenvalue weighted by atomic mass is 9.91. The molecule has 4 nitrogen and oxygen atoms in total. The Bertz CT molecular complexity index is 2710. The van der Waals surface area contributed by atoms with Crippen LogP contribution in [0.2, 0.25) is 0 Å². The third-order valence-corrected chi connectivity index (χ3v) is 9.44. The average molecular weight is 611 g/mol. The van der Waals surface area contributed by atoms with Gasteiger partial charge in [-0.25, -0.2) is 0 Å². The minimum Gasteiger partial charge on any atom is -0.309 e. The van der Waals surface area contributed by atoms with Gasteiger partial charge in [-0.2, -0.15) is 10.5 Å². The lowest BCUT2D eigenvalue weighted by molar-refractivity contribution is 1.17. The monoisotopic (exact) mass is 610 g/mol. The number of nitrogens with zero attached hydrogens (tertiary/aromatic N) is 4. The number of fused-ring (bicyclic) bond motifs is 6. The van der Waals surface area contributed by atoms with Crippen LogP contribution in [0.4, 0.5) is 0 Å². The smallest absolute Gasteiger partial charge is 0.101 e. The summed E-state index contributed by atoms with van der Waals surface area (Å²) in [7, 11) is 0. The Hall–Kier alpha value is -6.88. The summed E-state index contributed by atoms with van der Waals surface area (Å²) in [5.41, 5.74) is 10.8. The van der Waals surface area contributed by atoms with E-state index in [0.717, 1.165) is 66.5 Å². The lowest BCUT2D eigenvalue weighted by Crippen LogP contribution is -2.00. The van der Waals surface area contributed by atoms with Crippen molar-refractivity contribution in [1.29, 1.82) is 10.5 Å². The molecule has 0 spiro atoms. The van der Waals surface area contributed by atoms with Gasteiger partial charge in [-0.3, -0.25) is 0 Å². The number of hydrogen-bond donors (Lipinski definition) is 0. The van der Waals surface area contributed by atoms with Crippen LogP contribution in [0.15, 0.2) is 158 Å². The molecule has 0 atom stereocenters. The number of benzene rings is 7. The zero-order valence-corrected chi connectivity index (χ0v) is 25.8. The third-order valence-electron chi connectivity index (χ3n) is 9.44. The highest BCUT2D eigenvalue weighted by atomic mass is 15.0. The molecule has 2 aromatic heterocycles. The summed E-state index contributed by atoms with van der Waals surface area (Å²) >= 11 is 0. The molecule has 0 N–H and O–H groups in total. The molecule has 2 heterocycles. The van der Waals surface area contributed by atoms with Crippen molar-refractivity contribution in [2.24, 2.45) is 0 Å². The molecule has 4 heteroatoms. The van der Waals surface area contributed by atoms with Crippen LogP contribution in [-0.4, -0.2) is 9.13 Å². The zero-order valence-electron chi connectivity index (χ0n) is 25.8. The van der Waals surface area contributed by atoms with E-state index < -0.39 is 0 Å². The number of hydrogen-bond acceptors (Lipinski definition) is 2. The summed E-state index contributed by atoms with van der Waals surface area (Å²) in [5.74, 6) is 0. The highest BCUT2D eigenvalue weighted by Gasteiger charge is 2.20. The van der Waals surface area contributed by atoms with Crippen molar-refractivity contribution in [3.05, 3.63) is 169 Å². The van der Waals surface area contributed by atoms with E-state index in [1.807, 2.05) is 60.7 Å². The fourth-order valence-corrected chi connectivity index (χ4v) is 7.38. The van der Waals surface area contributed by atoms with Gasteiger partial charge in [-0.05, 0) is 48.0 Å². The molecule has 0 aliphatic carbocycles. The molecular weight excluding hydrogens is 585 g/mol. The Labute approximate surface area is 277 Å². The van der Waals surface area contributed by atoms with E-state index in [1.165, 1.54) is 10.8 Å². The molecule has 222 valence electrons. The molecule has 0 aliphatic rings. The van der Waals surface area contributed by atoms with Crippen molar-refractivity contribution in [3.63, 3.8) is 0 Å². The van der Waals surface area contributed by atoms with Crippen molar-refractivity contribution in [1.82, 2.24) is 9.13 Å². The summed E-state index contributed by atoms with van der Waals surface area (Å²) < 4.78 is 4.47. The fraction of sp³-hybridized carbons (Fsp3) is 0. The minimum atomic E-state index is 0.566. The van der Waals surface area contributed by atoms with Crippen LogP contribution in [0.3, 0.4) is 0 Å². The van der Waals surface area contributed by atoms with E-state index in [-0.39, 0.29) is 0 Å². The van der Waals surface area contributed by atoms with Crippen molar-refractivity contribution in [2.45, 2.75) is 0 Å². The van der Waals surface area contributed by atoms with Crippen molar-refractivity contribution in [2.75, 3.05) is 0 Å². The molecule has 0 unspecified atom stereocenters. The average Bonchev–Trinajstić information content (AvgIpc) is 3.67. The normalized spacial score (nSPS) is 11.3. The molecule has 0 saturated carbocycles. The second-order valence-electron chi connectivity index (χ2n) is 11.9. The maximum Gasteiger partial charge on any atom is 0.101 e. The molecule has 0 bridgehead atoms. The van der Waals surface area contributed by atoms with Gasteiger partial charge in [-0.15, -0.1) is 0 Å². The zero-order chi connectivity index (χ0) is 32.2. The van der Waals surface area contributed by atoms with Crippen molar-refractivity contribution in [3.8, 4) is 45.8 Å². The topological polar surface area (TPSA) is 57.4 Å². The van der Waals surface area contributed by atoms with Gasteiger partial charge in [-0.1, -0.05) is 115 Å². The third kappa shape index (κ3) is 4.01. The molecule has 0 aliphatic heterocycles. The molecule has 48 heavy (non-hydrogen) atoms. The number of rotatable bonds is 4. The molecule has 9 aromatic rings. The molecule has 0 radical (unpaired) electrons. The first-order valence-electron chi connectivity index (χ1n) is 15.9. The summed E-state index contributed by atoms with van der Waals surface area (Å²) in [6, 6.07) is 58.7. The van der Waals surface area contributed by atoms with Gasteiger partial charge in [0.1, 0.15) is 12.1 Å². The van der Waals surface area contributed by atoms with E-state index in [4.69, 9.17) is 0 Å².